The van der Waals surface area contributed by atoms with E-state index in [1.807, 2.05) is 29.9 Å². The Balaban J connectivity index is 2.56. The third-order valence-electron chi connectivity index (χ3n) is 2.78. The second-order valence-electron chi connectivity index (χ2n) is 4.68. The molecule has 1 aromatic carbocycles. The van der Waals surface area contributed by atoms with E-state index in [9.17, 15) is 0 Å². The first-order valence-electron chi connectivity index (χ1n) is 5.67. The summed E-state index contributed by atoms with van der Waals surface area (Å²) in [6, 6.07) is 6.01. The van der Waals surface area contributed by atoms with Crippen molar-refractivity contribution in [2.45, 2.75) is 26.9 Å². The van der Waals surface area contributed by atoms with Gasteiger partial charge in [0, 0.05) is 12.4 Å². The Morgan fingerprint density at radius 2 is 2.12 bits per heavy atom. The average molecular weight is 218 g/mol. The van der Waals surface area contributed by atoms with Crippen molar-refractivity contribution in [1.82, 2.24) is 9.78 Å². The Hall–Kier alpha value is -1.35. The minimum Gasteiger partial charge on any atom is -0.392 e. The average Bonchev–Trinajstić information content (AvgIpc) is 2.54. The molecule has 0 radical (unpaired) electrons. The van der Waals surface area contributed by atoms with Crippen molar-refractivity contribution in [3.05, 3.63) is 29.5 Å². The fourth-order valence-corrected chi connectivity index (χ4v) is 2.02. The van der Waals surface area contributed by atoms with Gasteiger partial charge in [-0.2, -0.15) is 5.10 Å². The molecule has 0 atom stereocenters. The minimum absolute atomic E-state index is 0.0892. The molecule has 0 spiro atoms. The van der Waals surface area contributed by atoms with E-state index in [1.165, 1.54) is 5.39 Å². The van der Waals surface area contributed by atoms with Crippen LogP contribution in [0.5, 0.6) is 0 Å². The predicted molar refractivity (Wildman–Crippen MR) is 65.2 cm³/mol. The predicted octanol–water partition coefficient (Wildman–Crippen LogP) is 2.26. The third kappa shape index (κ3) is 1.95. The molecule has 2 rings (SSSR count). The van der Waals surface area contributed by atoms with Gasteiger partial charge < -0.3 is 5.11 Å². The summed E-state index contributed by atoms with van der Waals surface area (Å²) in [5.74, 6) is 0.593. The van der Waals surface area contributed by atoms with E-state index in [0.29, 0.717) is 5.92 Å². The highest BCUT2D eigenvalue weighted by atomic mass is 16.3. The summed E-state index contributed by atoms with van der Waals surface area (Å²) < 4.78 is 1.91. The van der Waals surface area contributed by atoms with Crippen LogP contribution in [0, 0.1) is 5.92 Å². The van der Waals surface area contributed by atoms with Crippen molar-refractivity contribution < 1.29 is 5.11 Å². The zero-order valence-corrected chi connectivity index (χ0v) is 10.1. The van der Waals surface area contributed by atoms with Gasteiger partial charge in [0.25, 0.3) is 0 Å². The second kappa shape index (κ2) is 4.26. The fraction of sp³-hybridized carbons (Fsp3) is 0.462. The van der Waals surface area contributed by atoms with Gasteiger partial charge in [-0.3, -0.25) is 4.68 Å². The van der Waals surface area contributed by atoms with Gasteiger partial charge in [-0.1, -0.05) is 19.9 Å². The van der Waals surface area contributed by atoms with Gasteiger partial charge in [0.15, 0.2) is 0 Å². The van der Waals surface area contributed by atoms with E-state index in [-0.39, 0.29) is 6.61 Å². The normalized spacial score (nSPS) is 11.6. The van der Waals surface area contributed by atoms with Crippen LogP contribution in [-0.2, 0) is 20.1 Å². The fourth-order valence-electron chi connectivity index (χ4n) is 2.02. The van der Waals surface area contributed by atoms with Gasteiger partial charge in [0.2, 0.25) is 0 Å². The summed E-state index contributed by atoms with van der Waals surface area (Å²) in [6.45, 7) is 4.47. The maximum absolute atomic E-state index is 9.15. The van der Waals surface area contributed by atoms with Crippen molar-refractivity contribution in [3.63, 3.8) is 0 Å². The van der Waals surface area contributed by atoms with E-state index in [0.717, 1.165) is 23.2 Å². The lowest BCUT2D eigenvalue weighted by atomic mass is 10.0. The Morgan fingerprint density at radius 3 is 2.75 bits per heavy atom. The lowest BCUT2D eigenvalue weighted by molar-refractivity contribution is 0.282. The Labute approximate surface area is 95.7 Å². The lowest BCUT2D eigenvalue weighted by Crippen LogP contribution is -1.97. The van der Waals surface area contributed by atoms with Gasteiger partial charge in [0.05, 0.1) is 17.8 Å². The number of rotatable bonds is 3. The van der Waals surface area contributed by atoms with E-state index in [1.54, 1.807) is 0 Å². The molecule has 3 heteroatoms. The van der Waals surface area contributed by atoms with Crippen molar-refractivity contribution in [2.75, 3.05) is 0 Å². The molecule has 3 nitrogen and oxygen atoms in total. The molecule has 0 aliphatic heterocycles. The molecule has 2 aromatic rings. The Kier molecular flexibility index (Phi) is 2.97. The van der Waals surface area contributed by atoms with Crippen LogP contribution >= 0.6 is 0 Å². The molecule has 0 unspecified atom stereocenters. The molecule has 0 aliphatic rings. The maximum Gasteiger partial charge on any atom is 0.0705 e. The standard InChI is InChI=1S/C13H18N2O/c1-9(2)6-12-11-7-10(8-16)4-5-13(11)15(3)14-12/h4-5,7,9,16H,6,8H2,1-3H3. The van der Waals surface area contributed by atoms with Crippen LogP contribution in [0.25, 0.3) is 10.9 Å². The van der Waals surface area contributed by atoms with Crippen LogP contribution in [0.3, 0.4) is 0 Å². The van der Waals surface area contributed by atoms with E-state index < -0.39 is 0 Å². The first kappa shape index (κ1) is 11.1. The molecule has 0 fully saturated rings. The number of benzene rings is 1. The number of aromatic nitrogens is 2. The van der Waals surface area contributed by atoms with Crippen molar-refractivity contribution in [2.24, 2.45) is 13.0 Å². The Bertz CT molecular complexity index is 500. The van der Waals surface area contributed by atoms with Crippen LogP contribution < -0.4 is 0 Å². The number of hydrogen-bond donors (Lipinski definition) is 1. The zero-order chi connectivity index (χ0) is 11.7. The van der Waals surface area contributed by atoms with Crippen molar-refractivity contribution >= 4 is 10.9 Å². The highest BCUT2D eigenvalue weighted by molar-refractivity contribution is 5.82. The number of fused-ring (bicyclic) bond motifs is 1. The maximum atomic E-state index is 9.15. The van der Waals surface area contributed by atoms with Crippen molar-refractivity contribution in [1.29, 1.82) is 0 Å². The summed E-state index contributed by atoms with van der Waals surface area (Å²) >= 11 is 0. The summed E-state index contributed by atoms with van der Waals surface area (Å²) in [5, 5.41) is 14.9. The smallest absolute Gasteiger partial charge is 0.0705 e. The van der Waals surface area contributed by atoms with Gasteiger partial charge in [-0.15, -0.1) is 0 Å². The van der Waals surface area contributed by atoms with Gasteiger partial charge >= 0.3 is 0 Å². The number of hydrogen-bond acceptors (Lipinski definition) is 2. The van der Waals surface area contributed by atoms with E-state index in [4.69, 9.17) is 5.11 Å². The summed E-state index contributed by atoms with van der Waals surface area (Å²) in [5.41, 5.74) is 3.21. The van der Waals surface area contributed by atoms with E-state index >= 15 is 0 Å². The number of aryl methyl sites for hydroxylation is 1. The van der Waals surface area contributed by atoms with Gasteiger partial charge in [-0.05, 0) is 30.0 Å². The van der Waals surface area contributed by atoms with Crippen LogP contribution in [-0.4, -0.2) is 14.9 Å². The number of aliphatic hydroxyl groups is 1. The highest BCUT2D eigenvalue weighted by Gasteiger charge is 2.10. The summed E-state index contributed by atoms with van der Waals surface area (Å²) in [7, 11) is 1.96. The topological polar surface area (TPSA) is 38.0 Å². The molecule has 0 bridgehead atoms. The molecule has 16 heavy (non-hydrogen) atoms. The SMILES string of the molecule is CC(C)Cc1nn(C)c2ccc(CO)cc12. The molecule has 0 saturated carbocycles. The quantitative estimate of drug-likeness (QED) is 0.858. The lowest BCUT2D eigenvalue weighted by Gasteiger charge is -2.01. The van der Waals surface area contributed by atoms with Crippen LogP contribution in [0.2, 0.25) is 0 Å². The molecule has 1 aromatic heterocycles. The molecule has 1 heterocycles. The minimum atomic E-state index is 0.0892. The third-order valence-corrected chi connectivity index (χ3v) is 2.78. The van der Waals surface area contributed by atoms with Gasteiger partial charge in [-0.25, -0.2) is 0 Å². The second-order valence-corrected chi connectivity index (χ2v) is 4.68. The zero-order valence-electron chi connectivity index (χ0n) is 10.1. The molecular weight excluding hydrogens is 200 g/mol. The van der Waals surface area contributed by atoms with Crippen LogP contribution in [0.1, 0.15) is 25.1 Å². The number of aliphatic hydroxyl groups excluding tert-OH is 1. The molecule has 1 N–H and O–H groups in total. The first-order valence-corrected chi connectivity index (χ1v) is 5.67. The van der Waals surface area contributed by atoms with Crippen molar-refractivity contribution in [3.8, 4) is 0 Å². The molecule has 86 valence electrons. The molecule has 0 amide bonds. The van der Waals surface area contributed by atoms with Crippen LogP contribution in [0.4, 0.5) is 0 Å². The highest BCUT2D eigenvalue weighted by Crippen LogP contribution is 2.21. The number of nitrogens with zero attached hydrogens (tertiary/aromatic N) is 2. The van der Waals surface area contributed by atoms with E-state index in [2.05, 4.69) is 18.9 Å². The molecule has 0 saturated heterocycles. The Morgan fingerprint density at radius 1 is 1.38 bits per heavy atom. The summed E-state index contributed by atoms with van der Waals surface area (Å²) in [4.78, 5) is 0. The monoisotopic (exact) mass is 218 g/mol. The molecule has 0 aliphatic carbocycles. The largest absolute Gasteiger partial charge is 0.392 e. The molecular formula is C13H18N2O. The van der Waals surface area contributed by atoms with Gasteiger partial charge in [0.1, 0.15) is 0 Å². The van der Waals surface area contributed by atoms with Crippen LogP contribution in [0.15, 0.2) is 18.2 Å². The first-order chi connectivity index (χ1) is 7.61. The summed E-state index contributed by atoms with van der Waals surface area (Å²) in [6.07, 6.45) is 0.978.